The molecule has 6 atom stereocenters. The van der Waals surface area contributed by atoms with Gasteiger partial charge in [-0.15, -0.1) is 0 Å². The van der Waals surface area contributed by atoms with Gasteiger partial charge in [0.15, 0.2) is 0 Å². The third-order valence-electron chi connectivity index (χ3n) is 6.88. The molecule has 0 saturated heterocycles. The minimum Gasteiger partial charge on any atom is -0.508 e. The van der Waals surface area contributed by atoms with Gasteiger partial charge in [0.25, 0.3) is 0 Å². The number of aliphatic carboxylic acids is 1. The fraction of sp³-hybridized carbons (Fsp3) is 0.630. The fourth-order valence-electron chi connectivity index (χ4n) is 3.90. The highest BCUT2D eigenvalue weighted by Crippen LogP contribution is 2.14. The molecule has 1 aromatic rings. The molecule has 0 aromatic heterocycles. The van der Waals surface area contributed by atoms with Gasteiger partial charge in [0.2, 0.25) is 17.7 Å². The number of phenolic OH excluding ortho intramolecular Hbond substituents is 1. The maximum atomic E-state index is 13.3. The summed E-state index contributed by atoms with van der Waals surface area (Å²) in [6.45, 7) is 7.65. The number of carboxylic acid groups (broad SMARTS) is 1. The number of nitrogens with two attached hydrogens (primary N) is 2. The van der Waals surface area contributed by atoms with Gasteiger partial charge < -0.3 is 37.6 Å². The van der Waals surface area contributed by atoms with E-state index in [2.05, 4.69) is 16.0 Å². The summed E-state index contributed by atoms with van der Waals surface area (Å²) in [4.78, 5) is 51.0. The second-order valence-electron chi connectivity index (χ2n) is 9.90. The Morgan fingerprint density at radius 1 is 0.842 bits per heavy atom. The van der Waals surface area contributed by atoms with Crippen LogP contribution >= 0.6 is 0 Å². The van der Waals surface area contributed by atoms with E-state index in [-0.39, 0.29) is 24.0 Å². The molecular weight excluding hydrogens is 490 g/mol. The second kappa shape index (κ2) is 16.6. The molecule has 0 bridgehead atoms. The maximum Gasteiger partial charge on any atom is 0.326 e. The van der Waals surface area contributed by atoms with Crippen molar-refractivity contribution in [3.63, 3.8) is 0 Å². The first-order valence-corrected chi connectivity index (χ1v) is 13.3. The van der Waals surface area contributed by atoms with E-state index < -0.39 is 47.9 Å². The van der Waals surface area contributed by atoms with Crippen LogP contribution in [0.2, 0.25) is 0 Å². The van der Waals surface area contributed by atoms with Gasteiger partial charge in [-0.1, -0.05) is 52.7 Å². The molecule has 0 aliphatic carbocycles. The van der Waals surface area contributed by atoms with Gasteiger partial charge >= 0.3 is 5.97 Å². The highest BCUT2D eigenvalue weighted by molar-refractivity contribution is 5.94. The molecule has 214 valence electrons. The predicted octanol–water partition coefficient (Wildman–Crippen LogP) is 1.02. The van der Waals surface area contributed by atoms with Gasteiger partial charge in [0.05, 0.1) is 6.04 Å². The van der Waals surface area contributed by atoms with Crippen LogP contribution in [0.1, 0.15) is 65.4 Å². The van der Waals surface area contributed by atoms with Gasteiger partial charge in [-0.2, -0.15) is 0 Å². The summed E-state index contributed by atoms with van der Waals surface area (Å²) >= 11 is 0. The summed E-state index contributed by atoms with van der Waals surface area (Å²) in [5.74, 6) is -3.30. The Morgan fingerprint density at radius 3 is 1.92 bits per heavy atom. The van der Waals surface area contributed by atoms with Crippen LogP contribution < -0.4 is 27.4 Å². The van der Waals surface area contributed by atoms with Crippen molar-refractivity contribution in [2.24, 2.45) is 23.3 Å². The molecule has 11 heteroatoms. The Kier molecular flexibility index (Phi) is 14.4. The van der Waals surface area contributed by atoms with Crippen molar-refractivity contribution in [3.8, 4) is 5.75 Å². The molecule has 0 heterocycles. The zero-order valence-corrected chi connectivity index (χ0v) is 22.9. The Labute approximate surface area is 225 Å². The molecule has 1 rings (SSSR count). The number of rotatable bonds is 17. The molecule has 0 spiro atoms. The summed E-state index contributed by atoms with van der Waals surface area (Å²) < 4.78 is 0. The highest BCUT2D eigenvalue weighted by atomic mass is 16.4. The summed E-state index contributed by atoms with van der Waals surface area (Å²) in [6.07, 6.45) is 2.81. The zero-order chi connectivity index (χ0) is 28.8. The third-order valence-corrected chi connectivity index (χ3v) is 6.88. The maximum absolute atomic E-state index is 13.3. The molecule has 1 aromatic carbocycles. The van der Waals surface area contributed by atoms with Crippen molar-refractivity contribution in [3.05, 3.63) is 29.8 Å². The number of benzene rings is 1. The molecule has 9 N–H and O–H groups in total. The van der Waals surface area contributed by atoms with E-state index in [0.29, 0.717) is 38.6 Å². The standard InChI is InChI=1S/C27H45N5O6/c1-5-16(3)22(26(36)32-23(27(37)38)17(4)6-2)31-25(35)21(9-7-8-14-28)30-24(34)20(29)15-18-10-12-19(33)13-11-18/h10-13,16-17,20-23,33H,5-9,14-15,28-29H2,1-4H3,(H,30,34)(H,31,35)(H,32,36)(H,37,38). The lowest BCUT2D eigenvalue weighted by Gasteiger charge is -2.29. The first kappa shape index (κ1) is 32.8. The number of hydrogen-bond donors (Lipinski definition) is 7. The number of carbonyl (C=O) groups is 4. The smallest absolute Gasteiger partial charge is 0.326 e. The first-order valence-electron chi connectivity index (χ1n) is 13.3. The van der Waals surface area contributed by atoms with Crippen LogP contribution in [0, 0.1) is 11.8 Å². The number of carbonyl (C=O) groups excluding carboxylic acids is 3. The Morgan fingerprint density at radius 2 is 1.39 bits per heavy atom. The van der Waals surface area contributed by atoms with Gasteiger partial charge in [0.1, 0.15) is 23.9 Å². The molecule has 0 radical (unpaired) electrons. The average molecular weight is 536 g/mol. The minimum absolute atomic E-state index is 0.0992. The largest absolute Gasteiger partial charge is 0.508 e. The lowest BCUT2D eigenvalue weighted by molar-refractivity contribution is -0.144. The molecule has 0 fully saturated rings. The zero-order valence-electron chi connectivity index (χ0n) is 22.9. The number of phenols is 1. The van der Waals surface area contributed by atoms with Crippen LogP contribution in [0.15, 0.2) is 24.3 Å². The molecule has 0 aliphatic rings. The van der Waals surface area contributed by atoms with Gasteiger partial charge in [-0.25, -0.2) is 4.79 Å². The minimum atomic E-state index is -1.14. The molecule has 0 saturated carbocycles. The Hall–Kier alpha value is -3.18. The molecule has 38 heavy (non-hydrogen) atoms. The molecule has 11 nitrogen and oxygen atoms in total. The summed E-state index contributed by atoms with van der Waals surface area (Å²) in [6, 6.07) is 2.35. The first-order chi connectivity index (χ1) is 17.9. The summed E-state index contributed by atoms with van der Waals surface area (Å²) in [5.41, 5.74) is 12.4. The van der Waals surface area contributed by atoms with E-state index in [1.165, 1.54) is 12.1 Å². The number of unbranched alkanes of at least 4 members (excludes halogenated alkanes) is 1. The highest BCUT2D eigenvalue weighted by Gasteiger charge is 2.34. The Bertz CT molecular complexity index is 910. The van der Waals surface area contributed by atoms with Gasteiger partial charge in [0, 0.05) is 0 Å². The van der Waals surface area contributed by atoms with Crippen molar-refractivity contribution in [1.82, 2.24) is 16.0 Å². The van der Waals surface area contributed by atoms with E-state index in [1.807, 2.05) is 13.8 Å². The van der Waals surface area contributed by atoms with Crippen LogP contribution in [-0.4, -0.2) is 64.6 Å². The number of nitrogens with one attached hydrogen (secondary N) is 3. The summed E-state index contributed by atoms with van der Waals surface area (Å²) in [7, 11) is 0. The van der Waals surface area contributed by atoms with Crippen LogP contribution in [-0.2, 0) is 25.6 Å². The predicted molar refractivity (Wildman–Crippen MR) is 145 cm³/mol. The molecule has 3 amide bonds. The van der Waals surface area contributed by atoms with E-state index in [4.69, 9.17) is 11.5 Å². The average Bonchev–Trinajstić information content (AvgIpc) is 2.89. The lowest BCUT2D eigenvalue weighted by Crippen LogP contribution is -2.59. The summed E-state index contributed by atoms with van der Waals surface area (Å²) in [5, 5.41) is 27.0. The van der Waals surface area contributed by atoms with Crippen LogP contribution in [0.5, 0.6) is 5.75 Å². The van der Waals surface area contributed by atoms with Crippen molar-refractivity contribution in [2.75, 3.05) is 6.54 Å². The van der Waals surface area contributed by atoms with Gasteiger partial charge in [-0.05, 0) is 61.8 Å². The number of aromatic hydroxyl groups is 1. The SMILES string of the molecule is CCC(C)C(NC(=O)C(NC(=O)C(CCCCN)NC(=O)C(N)Cc1ccc(O)cc1)C(C)CC)C(=O)O. The normalized spacial score (nSPS) is 15.8. The van der Waals surface area contributed by atoms with Gasteiger partial charge in [-0.3, -0.25) is 14.4 Å². The van der Waals surface area contributed by atoms with Crippen molar-refractivity contribution < 1.29 is 29.4 Å². The van der Waals surface area contributed by atoms with Crippen molar-refractivity contribution >= 4 is 23.7 Å². The van der Waals surface area contributed by atoms with E-state index in [1.54, 1.807) is 26.0 Å². The van der Waals surface area contributed by atoms with Crippen LogP contribution in [0.25, 0.3) is 0 Å². The molecular formula is C27H45N5O6. The lowest BCUT2D eigenvalue weighted by atomic mass is 9.95. The van der Waals surface area contributed by atoms with E-state index in [9.17, 15) is 29.4 Å². The quantitative estimate of drug-likeness (QED) is 0.143. The molecule has 0 aliphatic heterocycles. The monoisotopic (exact) mass is 535 g/mol. The van der Waals surface area contributed by atoms with E-state index >= 15 is 0 Å². The topological polar surface area (TPSA) is 197 Å². The number of carboxylic acids is 1. The number of amides is 3. The van der Waals surface area contributed by atoms with Crippen LogP contribution in [0.3, 0.4) is 0 Å². The third kappa shape index (κ3) is 10.7. The second-order valence-corrected chi connectivity index (χ2v) is 9.90. The van der Waals surface area contributed by atoms with Crippen molar-refractivity contribution in [2.45, 2.75) is 90.4 Å². The number of hydrogen-bond acceptors (Lipinski definition) is 7. The van der Waals surface area contributed by atoms with E-state index in [0.717, 1.165) is 5.56 Å². The fourth-order valence-corrected chi connectivity index (χ4v) is 3.90. The van der Waals surface area contributed by atoms with Crippen molar-refractivity contribution in [1.29, 1.82) is 0 Å². The van der Waals surface area contributed by atoms with Crippen LogP contribution in [0.4, 0.5) is 0 Å². The Balaban J connectivity index is 3.02. The molecule has 6 unspecified atom stereocenters.